The number of carbonyl (C=O) groups is 3. The number of aryl methyl sites for hydroxylation is 2. The molecule has 2 aromatic rings. The molecule has 0 bridgehead atoms. The molecular weight excluding hydrogens is 460 g/mol. The Morgan fingerprint density at radius 1 is 1.19 bits per heavy atom. The van der Waals surface area contributed by atoms with Crippen LogP contribution in [0.3, 0.4) is 0 Å². The third-order valence-corrected chi connectivity index (χ3v) is 8.14. The van der Waals surface area contributed by atoms with Crippen molar-refractivity contribution in [3.8, 4) is 0 Å². The van der Waals surface area contributed by atoms with E-state index in [-0.39, 0.29) is 23.6 Å². The molecule has 10 heteroatoms. The predicted octanol–water partition coefficient (Wildman–Crippen LogP) is 2.69. The van der Waals surface area contributed by atoms with Gasteiger partial charge in [-0.25, -0.2) is 4.98 Å². The Hall–Kier alpha value is -3.27. The summed E-state index contributed by atoms with van der Waals surface area (Å²) in [4.78, 5) is 44.0. The van der Waals surface area contributed by atoms with Gasteiger partial charge in [0.05, 0.1) is 17.3 Å². The molecule has 1 spiro atoms. The summed E-state index contributed by atoms with van der Waals surface area (Å²) in [6.07, 6.45) is 8.31. The SMILES string of the molecule is Cc1cnn(C)c1C(=O)N[C@H](C(=O)Nc1cc2c(cn1)C1(CCOCC1)C(=O)N2)C1CCC(C)CC1. The van der Waals surface area contributed by atoms with Gasteiger partial charge < -0.3 is 20.7 Å². The number of nitrogens with one attached hydrogen (secondary N) is 3. The highest BCUT2D eigenvalue weighted by atomic mass is 16.5. The molecule has 0 radical (unpaired) electrons. The summed E-state index contributed by atoms with van der Waals surface area (Å²) in [5, 5.41) is 13.0. The van der Waals surface area contributed by atoms with E-state index in [2.05, 4.69) is 33.0 Å². The molecule has 1 saturated heterocycles. The molecule has 1 saturated carbocycles. The van der Waals surface area contributed by atoms with Crippen LogP contribution in [0.4, 0.5) is 11.5 Å². The third-order valence-electron chi connectivity index (χ3n) is 8.14. The van der Waals surface area contributed by atoms with Crippen LogP contribution in [0.1, 0.15) is 67.1 Å². The van der Waals surface area contributed by atoms with E-state index in [1.807, 2.05) is 6.92 Å². The zero-order chi connectivity index (χ0) is 25.4. The number of aromatic nitrogens is 3. The first-order valence-electron chi connectivity index (χ1n) is 12.8. The van der Waals surface area contributed by atoms with E-state index in [1.54, 1.807) is 25.5 Å². The lowest BCUT2D eigenvalue weighted by Gasteiger charge is -2.32. The standard InChI is InChI=1S/C26H34N6O4/c1-15-4-6-17(7-5-15)21(31-24(34)22-16(2)13-28-32(22)3)23(33)30-20-12-19-18(14-27-20)26(25(35)29-19)8-10-36-11-9-26/h12-15,17,21H,4-11H2,1-3H3,(H,29,35)(H,31,34)(H,27,30,33)/t15?,17?,21-/m0/s1. The fraction of sp³-hybridized carbons (Fsp3) is 0.577. The van der Waals surface area contributed by atoms with Crippen molar-refractivity contribution >= 4 is 29.2 Å². The first kappa shape index (κ1) is 24.4. The van der Waals surface area contributed by atoms with Gasteiger partial charge in [-0.2, -0.15) is 5.10 Å². The molecule has 4 heterocycles. The van der Waals surface area contributed by atoms with Gasteiger partial charge in [0, 0.05) is 38.1 Å². The van der Waals surface area contributed by atoms with Crippen LogP contribution in [-0.4, -0.2) is 51.7 Å². The van der Waals surface area contributed by atoms with Gasteiger partial charge in [0.25, 0.3) is 5.91 Å². The maximum Gasteiger partial charge on any atom is 0.270 e. The van der Waals surface area contributed by atoms with Crippen LogP contribution in [0.5, 0.6) is 0 Å². The Morgan fingerprint density at radius 3 is 2.58 bits per heavy atom. The molecule has 3 aliphatic rings. The van der Waals surface area contributed by atoms with Gasteiger partial charge in [-0.3, -0.25) is 19.1 Å². The number of rotatable bonds is 5. The normalized spacial score (nSPS) is 23.6. The largest absolute Gasteiger partial charge is 0.381 e. The second-order valence-corrected chi connectivity index (χ2v) is 10.5. The number of carbonyl (C=O) groups excluding carboxylic acids is 3. The molecule has 0 unspecified atom stereocenters. The van der Waals surface area contributed by atoms with Gasteiger partial charge in [-0.05, 0) is 50.0 Å². The van der Waals surface area contributed by atoms with Gasteiger partial charge in [0.1, 0.15) is 17.6 Å². The lowest BCUT2D eigenvalue weighted by atomic mass is 9.76. The quantitative estimate of drug-likeness (QED) is 0.587. The molecule has 2 fully saturated rings. The van der Waals surface area contributed by atoms with E-state index in [9.17, 15) is 14.4 Å². The van der Waals surface area contributed by atoms with Crippen LogP contribution in [-0.2, 0) is 26.8 Å². The molecule has 36 heavy (non-hydrogen) atoms. The number of anilines is 2. The molecular formula is C26H34N6O4. The van der Waals surface area contributed by atoms with Gasteiger partial charge >= 0.3 is 0 Å². The van der Waals surface area contributed by atoms with Crippen molar-refractivity contribution in [2.45, 2.75) is 63.8 Å². The Kier molecular flexibility index (Phi) is 6.55. The van der Waals surface area contributed by atoms with Crippen LogP contribution < -0.4 is 16.0 Å². The Balaban J connectivity index is 1.36. The second kappa shape index (κ2) is 9.65. The van der Waals surface area contributed by atoms with Crippen LogP contribution in [0, 0.1) is 18.8 Å². The van der Waals surface area contributed by atoms with E-state index in [1.165, 1.54) is 4.68 Å². The maximum absolute atomic E-state index is 13.5. The van der Waals surface area contributed by atoms with Crippen LogP contribution >= 0.6 is 0 Å². The Labute approximate surface area is 210 Å². The van der Waals surface area contributed by atoms with Crippen molar-refractivity contribution in [1.29, 1.82) is 0 Å². The molecule has 10 nitrogen and oxygen atoms in total. The van der Waals surface area contributed by atoms with E-state index in [0.29, 0.717) is 49.2 Å². The highest BCUT2D eigenvalue weighted by Gasteiger charge is 2.48. The molecule has 2 aliphatic heterocycles. The molecule has 3 N–H and O–H groups in total. The zero-order valence-electron chi connectivity index (χ0n) is 21.1. The van der Waals surface area contributed by atoms with E-state index in [4.69, 9.17) is 4.74 Å². The Bertz CT molecular complexity index is 1160. The first-order chi connectivity index (χ1) is 17.3. The first-order valence-corrected chi connectivity index (χ1v) is 12.8. The second-order valence-electron chi connectivity index (χ2n) is 10.5. The minimum Gasteiger partial charge on any atom is -0.381 e. The van der Waals surface area contributed by atoms with Crippen LogP contribution in [0.2, 0.25) is 0 Å². The highest BCUT2D eigenvalue weighted by molar-refractivity contribution is 6.07. The molecule has 192 valence electrons. The summed E-state index contributed by atoms with van der Waals surface area (Å²) in [7, 11) is 1.72. The number of fused-ring (bicyclic) bond motifs is 2. The van der Waals surface area contributed by atoms with Gasteiger partial charge in [0.15, 0.2) is 0 Å². The Morgan fingerprint density at radius 2 is 1.92 bits per heavy atom. The summed E-state index contributed by atoms with van der Waals surface area (Å²) in [6, 6.07) is 1.01. The van der Waals surface area contributed by atoms with Crippen molar-refractivity contribution in [3.05, 3.63) is 35.3 Å². The average Bonchev–Trinajstić information content (AvgIpc) is 3.33. The van der Waals surface area contributed by atoms with Gasteiger partial charge in [-0.15, -0.1) is 0 Å². The van der Waals surface area contributed by atoms with Gasteiger partial charge in [-0.1, -0.05) is 19.8 Å². The number of ether oxygens (including phenoxy) is 1. The minimum atomic E-state index is -0.703. The summed E-state index contributed by atoms with van der Waals surface area (Å²) >= 11 is 0. The molecule has 2 aromatic heterocycles. The summed E-state index contributed by atoms with van der Waals surface area (Å²) in [5.41, 5.74) is 2.11. The smallest absolute Gasteiger partial charge is 0.270 e. The van der Waals surface area contributed by atoms with Crippen LogP contribution in [0.25, 0.3) is 0 Å². The molecule has 3 amide bonds. The fourth-order valence-electron chi connectivity index (χ4n) is 5.89. The number of pyridine rings is 1. The van der Waals surface area contributed by atoms with E-state index >= 15 is 0 Å². The van der Waals surface area contributed by atoms with E-state index < -0.39 is 11.5 Å². The topological polar surface area (TPSA) is 127 Å². The van der Waals surface area contributed by atoms with Crippen molar-refractivity contribution in [1.82, 2.24) is 20.1 Å². The van der Waals surface area contributed by atoms with Crippen molar-refractivity contribution in [2.75, 3.05) is 23.8 Å². The lowest BCUT2D eigenvalue weighted by molar-refractivity contribution is -0.124. The van der Waals surface area contributed by atoms with Crippen molar-refractivity contribution in [2.24, 2.45) is 18.9 Å². The maximum atomic E-state index is 13.5. The fourth-order valence-corrected chi connectivity index (χ4v) is 5.89. The highest BCUT2D eigenvalue weighted by Crippen LogP contribution is 2.44. The lowest BCUT2D eigenvalue weighted by Crippen LogP contribution is -2.49. The number of nitrogens with zero attached hydrogens (tertiary/aromatic N) is 3. The van der Waals surface area contributed by atoms with E-state index in [0.717, 1.165) is 36.8 Å². The average molecular weight is 495 g/mol. The molecule has 5 rings (SSSR count). The number of amides is 3. The minimum absolute atomic E-state index is 0.0262. The van der Waals surface area contributed by atoms with Crippen LogP contribution in [0.15, 0.2) is 18.5 Å². The zero-order valence-corrected chi connectivity index (χ0v) is 21.1. The molecule has 1 aliphatic carbocycles. The molecule has 1 atom stereocenters. The number of hydrogen-bond donors (Lipinski definition) is 3. The summed E-state index contributed by atoms with van der Waals surface area (Å²) < 4.78 is 6.99. The predicted molar refractivity (Wildman–Crippen MR) is 134 cm³/mol. The molecule has 0 aromatic carbocycles. The monoisotopic (exact) mass is 494 g/mol. The third kappa shape index (κ3) is 4.38. The summed E-state index contributed by atoms with van der Waals surface area (Å²) in [5.74, 6) is 0.322. The van der Waals surface area contributed by atoms with Crippen molar-refractivity contribution in [3.63, 3.8) is 0 Å². The number of hydrogen-bond acceptors (Lipinski definition) is 6. The van der Waals surface area contributed by atoms with Gasteiger partial charge in [0.2, 0.25) is 11.8 Å². The van der Waals surface area contributed by atoms with Crippen molar-refractivity contribution < 1.29 is 19.1 Å². The summed E-state index contributed by atoms with van der Waals surface area (Å²) in [6.45, 7) is 5.11.